The number of thiazole rings is 1. The van der Waals surface area contributed by atoms with Crippen LogP contribution in [0.1, 0.15) is 5.69 Å². The van der Waals surface area contributed by atoms with Crippen molar-refractivity contribution in [2.75, 3.05) is 11.8 Å². The van der Waals surface area contributed by atoms with Crippen LogP contribution in [0.2, 0.25) is 0 Å². The van der Waals surface area contributed by atoms with Gasteiger partial charge in [-0.2, -0.15) is 0 Å². The van der Waals surface area contributed by atoms with Crippen LogP contribution in [0.15, 0.2) is 46.7 Å². The zero-order valence-electron chi connectivity index (χ0n) is 15.1. The molecule has 0 aliphatic carbocycles. The van der Waals surface area contributed by atoms with E-state index in [1.54, 1.807) is 12.3 Å². The predicted octanol–water partition coefficient (Wildman–Crippen LogP) is 4.10. The van der Waals surface area contributed by atoms with Gasteiger partial charge in [-0.15, -0.1) is 0 Å². The van der Waals surface area contributed by atoms with Gasteiger partial charge >= 0.3 is 0 Å². The van der Waals surface area contributed by atoms with Crippen molar-refractivity contribution >= 4 is 32.7 Å². The Morgan fingerprint density at radius 1 is 1.21 bits per heavy atom. The second kappa shape index (κ2) is 8.01. The van der Waals surface area contributed by atoms with E-state index in [0.717, 1.165) is 23.9 Å². The van der Waals surface area contributed by atoms with Crippen LogP contribution in [0, 0.1) is 22.9 Å². The van der Waals surface area contributed by atoms with Gasteiger partial charge in [0.25, 0.3) is 20.9 Å². The van der Waals surface area contributed by atoms with Crippen LogP contribution < -0.4 is 14.2 Å². The third-order valence-corrected chi connectivity index (χ3v) is 5.86. The molecule has 1 N–H and O–H groups in total. The molecule has 0 saturated carbocycles. The Morgan fingerprint density at radius 2 is 1.93 bits per heavy atom. The molecule has 0 radical (unpaired) electrons. The topological polar surface area (TPSA) is 121 Å². The molecule has 29 heavy (non-hydrogen) atoms. The van der Waals surface area contributed by atoms with Gasteiger partial charge in [0.1, 0.15) is 10.6 Å². The quantitative estimate of drug-likeness (QED) is 0.434. The van der Waals surface area contributed by atoms with Crippen molar-refractivity contribution in [3.8, 4) is 16.7 Å². The standard InChI is InChI=1S/C17H14FN3O6S2/c1-10-9-28-17(19-10)27-14-5-3-11(7-13(14)18)20-29(24,25)16-8-12(21(22)23)4-6-15(16)26-2/h3-9,20H,1-2H3. The number of hydrogen-bond donors (Lipinski definition) is 1. The summed E-state index contributed by atoms with van der Waals surface area (Å²) in [7, 11) is -3.07. The summed E-state index contributed by atoms with van der Waals surface area (Å²) >= 11 is 1.19. The number of non-ortho nitro benzene ring substituents is 1. The van der Waals surface area contributed by atoms with Gasteiger partial charge in [0, 0.05) is 23.6 Å². The van der Waals surface area contributed by atoms with E-state index >= 15 is 0 Å². The Kier molecular flexibility index (Phi) is 5.66. The van der Waals surface area contributed by atoms with E-state index in [1.807, 2.05) is 0 Å². The number of nitro groups is 1. The number of ether oxygens (including phenoxy) is 2. The molecule has 2 aromatic carbocycles. The highest BCUT2D eigenvalue weighted by atomic mass is 32.2. The third-order valence-electron chi connectivity index (χ3n) is 3.63. The van der Waals surface area contributed by atoms with Crippen LogP contribution in [0.4, 0.5) is 15.8 Å². The lowest BCUT2D eigenvalue weighted by Crippen LogP contribution is -2.14. The molecule has 3 rings (SSSR count). The van der Waals surface area contributed by atoms with Crippen LogP contribution >= 0.6 is 11.3 Å². The van der Waals surface area contributed by atoms with Crippen LogP contribution in [-0.2, 0) is 10.0 Å². The van der Waals surface area contributed by atoms with E-state index < -0.39 is 31.3 Å². The first-order valence-corrected chi connectivity index (χ1v) is 10.3. The number of anilines is 1. The lowest BCUT2D eigenvalue weighted by atomic mass is 10.3. The largest absolute Gasteiger partial charge is 0.495 e. The summed E-state index contributed by atoms with van der Waals surface area (Å²) in [5, 5.41) is 12.9. The maximum atomic E-state index is 14.3. The molecule has 1 heterocycles. The lowest BCUT2D eigenvalue weighted by molar-refractivity contribution is -0.385. The number of nitro benzene ring substituents is 1. The average molecular weight is 439 g/mol. The molecule has 0 bridgehead atoms. The zero-order chi connectivity index (χ0) is 21.2. The Balaban J connectivity index is 1.88. The van der Waals surface area contributed by atoms with Crippen molar-refractivity contribution in [2.45, 2.75) is 11.8 Å². The predicted molar refractivity (Wildman–Crippen MR) is 104 cm³/mol. The normalized spacial score (nSPS) is 11.1. The number of nitrogens with zero attached hydrogens (tertiary/aromatic N) is 2. The van der Waals surface area contributed by atoms with E-state index in [1.165, 1.54) is 36.6 Å². The number of aryl methyl sites for hydroxylation is 1. The molecule has 0 saturated heterocycles. The number of methoxy groups -OCH3 is 1. The van der Waals surface area contributed by atoms with Gasteiger partial charge in [-0.05, 0) is 25.1 Å². The minimum atomic E-state index is -4.29. The summed E-state index contributed by atoms with van der Waals surface area (Å²) in [6.07, 6.45) is 0. The van der Waals surface area contributed by atoms with Crippen molar-refractivity contribution in [1.29, 1.82) is 0 Å². The first-order chi connectivity index (χ1) is 13.7. The molecule has 12 heteroatoms. The maximum Gasteiger partial charge on any atom is 0.278 e. The zero-order valence-corrected chi connectivity index (χ0v) is 16.7. The average Bonchev–Trinajstić information content (AvgIpc) is 3.08. The highest BCUT2D eigenvalue weighted by molar-refractivity contribution is 7.92. The highest BCUT2D eigenvalue weighted by Gasteiger charge is 2.24. The van der Waals surface area contributed by atoms with E-state index in [2.05, 4.69) is 9.71 Å². The SMILES string of the molecule is COc1ccc([N+](=O)[O-])cc1S(=O)(=O)Nc1ccc(Oc2nc(C)cs2)c(F)c1. The second-order valence-electron chi connectivity index (χ2n) is 5.70. The fraction of sp³-hybridized carbons (Fsp3) is 0.118. The molecule has 0 amide bonds. The van der Waals surface area contributed by atoms with Crippen molar-refractivity contribution < 1.29 is 27.2 Å². The summed E-state index contributed by atoms with van der Waals surface area (Å²) in [6.45, 7) is 1.76. The molecule has 9 nitrogen and oxygen atoms in total. The maximum absolute atomic E-state index is 14.3. The van der Waals surface area contributed by atoms with Crippen molar-refractivity contribution in [3.63, 3.8) is 0 Å². The molecule has 0 unspecified atom stereocenters. The number of sulfonamides is 1. The number of hydrogen-bond acceptors (Lipinski definition) is 8. The number of rotatable bonds is 7. The highest BCUT2D eigenvalue weighted by Crippen LogP contribution is 2.32. The molecule has 1 aromatic heterocycles. The molecule has 3 aromatic rings. The van der Waals surface area contributed by atoms with Gasteiger partial charge in [0.15, 0.2) is 11.6 Å². The monoisotopic (exact) mass is 439 g/mol. The van der Waals surface area contributed by atoms with Gasteiger partial charge in [0.2, 0.25) is 0 Å². The molecule has 0 fully saturated rings. The third kappa shape index (κ3) is 4.60. The summed E-state index contributed by atoms with van der Waals surface area (Å²) in [6, 6.07) is 6.61. The van der Waals surface area contributed by atoms with Gasteiger partial charge in [0.05, 0.1) is 23.4 Å². The fourth-order valence-electron chi connectivity index (χ4n) is 2.32. The first kappa shape index (κ1) is 20.5. The first-order valence-electron chi connectivity index (χ1n) is 7.94. The van der Waals surface area contributed by atoms with E-state index in [9.17, 15) is 22.9 Å². The van der Waals surface area contributed by atoms with E-state index in [-0.39, 0.29) is 22.4 Å². The smallest absolute Gasteiger partial charge is 0.278 e. The molecule has 0 aliphatic rings. The number of benzene rings is 2. The van der Waals surface area contributed by atoms with Crippen molar-refractivity contribution in [3.05, 3.63) is 63.4 Å². The fourth-order valence-corrected chi connectivity index (χ4v) is 4.22. The lowest BCUT2D eigenvalue weighted by Gasteiger charge is -2.12. The van der Waals surface area contributed by atoms with Gasteiger partial charge in [-0.3, -0.25) is 14.8 Å². The van der Waals surface area contributed by atoms with Crippen LogP contribution in [0.25, 0.3) is 0 Å². The Bertz CT molecular complexity index is 1180. The van der Waals surface area contributed by atoms with Crippen LogP contribution in [-0.4, -0.2) is 25.4 Å². The molecule has 0 atom stereocenters. The minimum absolute atomic E-state index is 0.0948. The molecule has 152 valence electrons. The van der Waals surface area contributed by atoms with Gasteiger partial charge in [-0.1, -0.05) is 11.3 Å². The summed E-state index contributed by atoms with van der Waals surface area (Å²) in [4.78, 5) is 13.8. The van der Waals surface area contributed by atoms with Crippen LogP contribution in [0.3, 0.4) is 0 Å². The Labute approximate surface area is 168 Å². The summed E-state index contributed by atoms with van der Waals surface area (Å²) in [5.74, 6) is -1.04. The van der Waals surface area contributed by atoms with Crippen molar-refractivity contribution in [2.24, 2.45) is 0 Å². The number of halogens is 1. The number of aromatic nitrogens is 1. The Morgan fingerprint density at radius 3 is 2.52 bits per heavy atom. The van der Waals surface area contributed by atoms with E-state index in [0.29, 0.717) is 0 Å². The molecular weight excluding hydrogens is 425 g/mol. The number of nitrogens with one attached hydrogen (secondary N) is 1. The summed E-state index contributed by atoms with van der Waals surface area (Å²) < 4.78 is 52.2. The molecule has 0 aliphatic heterocycles. The molecular formula is C17H14FN3O6S2. The second-order valence-corrected chi connectivity index (χ2v) is 8.17. The van der Waals surface area contributed by atoms with Gasteiger partial charge < -0.3 is 9.47 Å². The van der Waals surface area contributed by atoms with Crippen LogP contribution in [0.5, 0.6) is 16.7 Å². The van der Waals surface area contributed by atoms with Gasteiger partial charge in [-0.25, -0.2) is 17.8 Å². The Hall–Kier alpha value is -3.25. The summed E-state index contributed by atoms with van der Waals surface area (Å²) in [5.41, 5.74) is 0.194. The minimum Gasteiger partial charge on any atom is -0.495 e. The van der Waals surface area contributed by atoms with E-state index in [4.69, 9.17) is 9.47 Å². The van der Waals surface area contributed by atoms with Crippen molar-refractivity contribution in [1.82, 2.24) is 4.98 Å². The molecule has 0 spiro atoms.